The van der Waals surface area contributed by atoms with E-state index < -0.39 is 0 Å². The number of benzene rings is 1. The van der Waals surface area contributed by atoms with Gasteiger partial charge in [0.15, 0.2) is 5.69 Å². The summed E-state index contributed by atoms with van der Waals surface area (Å²) in [7, 11) is 2.19. The molecule has 1 aromatic carbocycles. The smallest absolute Gasteiger partial charge is 0.276 e. The van der Waals surface area contributed by atoms with Gasteiger partial charge < -0.3 is 9.80 Å². The minimum atomic E-state index is -0.0307. The number of rotatable bonds is 3. The number of piperazine rings is 1. The van der Waals surface area contributed by atoms with E-state index in [1.54, 1.807) is 10.9 Å². The van der Waals surface area contributed by atoms with E-state index in [9.17, 15) is 4.79 Å². The lowest BCUT2D eigenvalue weighted by Gasteiger charge is -2.46. The largest absolute Gasteiger partial charge is 0.334 e. The highest BCUT2D eigenvalue weighted by molar-refractivity contribution is 5.94. The molecular weight excluding hydrogens is 402 g/mol. The molecule has 8 heteroatoms. The molecule has 1 atom stereocenters. The fraction of sp³-hybridized carbons (Fsp3) is 0.500. The van der Waals surface area contributed by atoms with Gasteiger partial charge in [0.05, 0.1) is 16.9 Å². The molecule has 0 spiro atoms. The highest BCUT2D eigenvalue weighted by Crippen LogP contribution is 2.24. The average molecular weight is 434 g/mol. The fourth-order valence-corrected chi connectivity index (χ4v) is 5.19. The minimum Gasteiger partial charge on any atom is -0.334 e. The summed E-state index contributed by atoms with van der Waals surface area (Å²) >= 11 is 0. The molecule has 8 nitrogen and oxygen atoms in total. The van der Waals surface area contributed by atoms with Crippen molar-refractivity contribution in [3.8, 4) is 5.69 Å². The van der Waals surface area contributed by atoms with Gasteiger partial charge in [-0.05, 0) is 59.0 Å². The van der Waals surface area contributed by atoms with E-state index in [2.05, 4.69) is 39.1 Å². The zero-order valence-corrected chi connectivity index (χ0v) is 19.1. The second kappa shape index (κ2) is 8.60. The minimum absolute atomic E-state index is 0.0307. The molecule has 0 unspecified atom stereocenters. The van der Waals surface area contributed by atoms with Crippen molar-refractivity contribution in [1.29, 1.82) is 0 Å². The van der Waals surface area contributed by atoms with E-state index in [1.165, 1.54) is 12.8 Å². The van der Waals surface area contributed by atoms with Crippen molar-refractivity contribution in [2.45, 2.75) is 38.8 Å². The van der Waals surface area contributed by atoms with Crippen LogP contribution in [0.4, 0.5) is 0 Å². The first-order valence-corrected chi connectivity index (χ1v) is 11.5. The Hall–Kier alpha value is -2.84. The van der Waals surface area contributed by atoms with Crippen LogP contribution >= 0.6 is 0 Å². The van der Waals surface area contributed by atoms with Crippen molar-refractivity contribution in [1.82, 2.24) is 34.7 Å². The van der Waals surface area contributed by atoms with Crippen molar-refractivity contribution in [3.63, 3.8) is 0 Å². The van der Waals surface area contributed by atoms with Crippen molar-refractivity contribution < 1.29 is 4.79 Å². The highest BCUT2D eigenvalue weighted by Gasteiger charge is 2.34. The monoisotopic (exact) mass is 433 g/mol. The van der Waals surface area contributed by atoms with E-state index in [-0.39, 0.29) is 5.91 Å². The summed E-state index contributed by atoms with van der Waals surface area (Å²) in [5, 5.41) is 9.66. The van der Waals surface area contributed by atoms with Gasteiger partial charge in [0.1, 0.15) is 0 Å². The van der Waals surface area contributed by atoms with Crippen LogP contribution in [0, 0.1) is 6.92 Å². The maximum Gasteiger partial charge on any atom is 0.276 e. The summed E-state index contributed by atoms with van der Waals surface area (Å²) in [6, 6.07) is 10.9. The Morgan fingerprint density at radius 1 is 1.06 bits per heavy atom. The molecule has 0 aliphatic carbocycles. The third kappa shape index (κ3) is 3.78. The third-order valence-electron chi connectivity index (χ3n) is 7.06. The van der Waals surface area contributed by atoms with Crippen LogP contribution in [0.15, 0.2) is 36.5 Å². The molecule has 1 amide bonds. The number of carbonyl (C=O) groups is 1. The van der Waals surface area contributed by atoms with E-state index in [4.69, 9.17) is 0 Å². The van der Waals surface area contributed by atoms with Crippen LogP contribution in [0.25, 0.3) is 16.6 Å². The predicted molar refractivity (Wildman–Crippen MR) is 124 cm³/mol. The van der Waals surface area contributed by atoms with Crippen LogP contribution in [-0.2, 0) is 0 Å². The number of para-hydroxylation sites is 1. The number of carbonyl (C=O) groups excluding carboxylic acids is 1. The molecule has 4 heterocycles. The number of nitrogens with zero attached hydrogens (tertiary/aromatic N) is 7. The summed E-state index contributed by atoms with van der Waals surface area (Å²) in [4.78, 5) is 24.8. The molecule has 32 heavy (non-hydrogen) atoms. The summed E-state index contributed by atoms with van der Waals surface area (Å²) in [5.74, 6) is -0.0307. The first kappa shape index (κ1) is 21.0. The number of amides is 1. The van der Waals surface area contributed by atoms with Crippen LogP contribution in [-0.4, -0.2) is 92.4 Å². The molecular formula is C24H31N7O. The Morgan fingerprint density at radius 2 is 1.84 bits per heavy atom. The van der Waals surface area contributed by atoms with Gasteiger partial charge in [-0.2, -0.15) is 0 Å². The quantitative estimate of drug-likeness (QED) is 0.632. The lowest BCUT2D eigenvalue weighted by molar-refractivity contribution is 0.0224. The van der Waals surface area contributed by atoms with Gasteiger partial charge in [0.25, 0.3) is 5.91 Å². The van der Waals surface area contributed by atoms with Gasteiger partial charge in [0, 0.05) is 43.3 Å². The SMILES string of the molecule is Cc1c(C(=O)N2CCN(C3CCN(C)CC3)[C@@H](C)C2)nnn1-c1cccc2cccnc12. The van der Waals surface area contributed by atoms with Crippen LogP contribution in [0.2, 0.25) is 0 Å². The zero-order valence-electron chi connectivity index (χ0n) is 19.1. The first-order chi connectivity index (χ1) is 15.5. The molecule has 0 saturated carbocycles. The van der Waals surface area contributed by atoms with Crippen LogP contribution in [0.3, 0.4) is 0 Å². The summed E-state index contributed by atoms with van der Waals surface area (Å²) in [5.41, 5.74) is 2.87. The Labute approximate surface area is 188 Å². The van der Waals surface area contributed by atoms with Crippen molar-refractivity contribution in [2.75, 3.05) is 39.8 Å². The number of hydrogen-bond donors (Lipinski definition) is 0. The molecule has 2 aliphatic heterocycles. The number of pyridine rings is 1. The topological polar surface area (TPSA) is 70.4 Å². The Morgan fingerprint density at radius 3 is 2.62 bits per heavy atom. The lowest BCUT2D eigenvalue weighted by atomic mass is 10.00. The number of hydrogen-bond acceptors (Lipinski definition) is 6. The second-order valence-corrected chi connectivity index (χ2v) is 9.16. The molecule has 2 aromatic heterocycles. The number of aromatic nitrogens is 4. The number of piperidine rings is 1. The summed E-state index contributed by atoms with van der Waals surface area (Å²) in [6.07, 6.45) is 4.19. The molecule has 0 N–H and O–H groups in total. The van der Waals surface area contributed by atoms with Gasteiger partial charge in [-0.25, -0.2) is 4.68 Å². The molecule has 5 rings (SSSR count). The van der Waals surface area contributed by atoms with E-state index >= 15 is 0 Å². The fourth-order valence-electron chi connectivity index (χ4n) is 5.19. The molecule has 168 valence electrons. The lowest BCUT2D eigenvalue weighted by Crippen LogP contribution is -2.58. The summed E-state index contributed by atoms with van der Waals surface area (Å²) in [6.45, 7) is 8.84. The van der Waals surface area contributed by atoms with Gasteiger partial charge in [-0.3, -0.25) is 14.7 Å². The molecule has 0 bridgehead atoms. The predicted octanol–water partition coefficient (Wildman–Crippen LogP) is 2.36. The Kier molecular flexibility index (Phi) is 5.65. The van der Waals surface area contributed by atoms with Crippen LogP contribution in [0.1, 0.15) is 35.9 Å². The molecule has 2 saturated heterocycles. The number of likely N-dealkylation sites (tertiary alicyclic amines) is 1. The summed E-state index contributed by atoms with van der Waals surface area (Å²) < 4.78 is 1.74. The number of fused-ring (bicyclic) bond motifs is 1. The second-order valence-electron chi connectivity index (χ2n) is 9.16. The normalized spacial score (nSPS) is 21.3. The standard InChI is InChI=1S/C24H31N7O/c1-17-16-29(14-15-30(17)20-9-12-28(3)13-10-20)24(32)22-18(2)31(27-26-22)21-8-4-6-19-7-5-11-25-23(19)21/h4-8,11,17,20H,9-10,12-16H2,1-3H3/t17-/m0/s1. The molecule has 2 fully saturated rings. The van der Waals surface area contributed by atoms with Gasteiger partial charge in [0.2, 0.25) is 0 Å². The van der Waals surface area contributed by atoms with Crippen molar-refractivity contribution >= 4 is 16.8 Å². The molecule has 0 radical (unpaired) electrons. The maximum absolute atomic E-state index is 13.4. The van der Waals surface area contributed by atoms with Crippen LogP contribution in [0.5, 0.6) is 0 Å². The molecule has 2 aliphatic rings. The van der Waals surface area contributed by atoms with Crippen molar-refractivity contribution in [2.24, 2.45) is 0 Å². The third-order valence-corrected chi connectivity index (χ3v) is 7.06. The first-order valence-electron chi connectivity index (χ1n) is 11.5. The van der Waals surface area contributed by atoms with Crippen LogP contribution < -0.4 is 0 Å². The molecule has 3 aromatic rings. The van der Waals surface area contributed by atoms with Gasteiger partial charge in [-0.1, -0.05) is 23.4 Å². The zero-order chi connectivity index (χ0) is 22.2. The van der Waals surface area contributed by atoms with Gasteiger partial charge in [-0.15, -0.1) is 5.10 Å². The Bertz CT molecular complexity index is 1110. The van der Waals surface area contributed by atoms with Gasteiger partial charge >= 0.3 is 0 Å². The Balaban J connectivity index is 1.33. The maximum atomic E-state index is 13.4. The van der Waals surface area contributed by atoms with Crippen molar-refractivity contribution in [3.05, 3.63) is 47.9 Å². The van der Waals surface area contributed by atoms with E-state index in [1.807, 2.05) is 42.2 Å². The van der Waals surface area contributed by atoms with E-state index in [0.717, 1.165) is 55.0 Å². The highest BCUT2D eigenvalue weighted by atomic mass is 16.2. The van der Waals surface area contributed by atoms with E-state index in [0.29, 0.717) is 17.8 Å². The average Bonchev–Trinajstić information content (AvgIpc) is 3.20.